The van der Waals surface area contributed by atoms with Crippen LogP contribution in [0.1, 0.15) is 39.5 Å². The van der Waals surface area contributed by atoms with Crippen molar-refractivity contribution in [1.82, 2.24) is 10.2 Å². The number of hydrogen-bond donors (Lipinski definition) is 2. The fourth-order valence-electron chi connectivity index (χ4n) is 3.42. The van der Waals surface area contributed by atoms with Crippen LogP contribution in [0.4, 0.5) is 0 Å². The van der Waals surface area contributed by atoms with Crippen LogP contribution in [0.25, 0.3) is 0 Å². The van der Waals surface area contributed by atoms with E-state index in [0.29, 0.717) is 18.2 Å². The third kappa shape index (κ3) is 5.60. The molecule has 0 radical (unpaired) electrons. The van der Waals surface area contributed by atoms with Gasteiger partial charge in [-0.25, -0.2) is 0 Å². The molecule has 0 unspecified atom stereocenters. The lowest BCUT2D eigenvalue weighted by molar-refractivity contribution is -0.132. The van der Waals surface area contributed by atoms with E-state index in [0.717, 1.165) is 51.1 Å². The molecule has 1 aliphatic rings. The molecule has 1 fully saturated rings. The standard InChI is InChI=1S/C20H32ClN3O2/c1-3-20(4-2,15-22)19(25)23-17-9-11-24(12-10-17)13-14-26-18-7-5-16(21)6-8-18/h5-8,17H,3-4,9-15,22H2,1-2H3,(H,23,25). The Kier molecular flexibility index (Phi) is 8.19. The zero-order valence-electron chi connectivity index (χ0n) is 16.0. The number of halogens is 1. The van der Waals surface area contributed by atoms with E-state index in [1.807, 2.05) is 38.1 Å². The monoisotopic (exact) mass is 381 g/mol. The van der Waals surface area contributed by atoms with Crippen LogP contribution in [-0.2, 0) is 4.79 Å². The zero-order chi connectivity index (χ0) is 19.0. The molecule has 146 valence electrons. The minimum absolute atomic E-state index is 0.120. The summed E-state index contributed by atoms with van der Waals surface area (Å²) in [4.78, 5) is 15.0. The van der Waals surface area contributed by atoms with Gasteiger partial charge in [-0.2, -0.15) is 0 Å². The third-order valence-corrected chi connectivity index (χ3v) is 5.89. The summed E-state index contributed by atoms with van der Waals surface area (Å²) in [7, 11) is 0. The van der Waals surface area contributed by atoms with Gasteiger partial charge in [0.05, 0.1) is 5.41 Å². The maximum Gasteiger partial charge on any atom is 0.227 e. The quantitative estimate of drug-likeness (QED) is 0.689. The van der Waals surface area contributed by atoms with E-state index in [4.69, 9.17) is 22.1 Å². The highest BCUT2D eigenvalue weighted by Crippen LogP contribution is 2.26. The van der Waals surface area contributed by atoms with E-state index in [1.165, 1.54) is 0 Å². The molecule has 26 heavy (non-hydrogen) atoms. The van der Waals surface area contributed by atoms with Gasteiger partial charge in [-0.15, -0.1) is 0 Å². The highest BCUT2D eigenvalue weighted by atomic mass is 35.5. The van der Waals surface area contributed by atoms with Crippen molar-refractivity contribution in [2.75, 3.05) is 32.8 Å². The molecule has 1 heterocycles. The number of carbonyl (C=O) groups is 1. The molecule has 1 amide bonds. The first kappa shape index (κ1) is 21.0. The Labute approximate surface area is 162 Å². The number of rotatable bonds is 9. The average molecular weight is 382 g/mol. The highest BCUT2D eigenvalue weighted by molar-refractivity contribution is 6.30. The lowest BCUT2D eigenvalue weighted by Gasteiger charge is -2.35. The summed E-state index contributed by atoms with van der Waals surface area (Å²) >= 11 is 5.87. The van der Waals surface area contributed by atoms with Gasteiger partial charge >= 0.3 is 0 Å². The molecule has 1 aromatic carbocycles. The number of nitrogens with two attached hydrogens (primary N) is 1. The molecule has 5 nitrogen and oxygen atoms in total. The van der Waals surface area contributed by atoms with Gasteiger partial charge in [-0.05, 0) is 49.9 Å². The largest absolute Gasteiger partial charge is 0.492 e. The molecule has 1 saturated heterocycles. The smallest absolute Gasteiger partial charge is 0.227 e. The van der Waals surface area contributed by atoms with E-state index in [2.05, 4.69) is 10.2 Å². The summed E-state index contributed by atoms with van der Waals surface area (Å²) in [5, 5.41) is 3.95. The molecular formula is C20H32ClN3O2. The fraction of sp³-hybridized carbons (Fsp3) is 0.650. The van der Waals surface area contributed by atoms with Gasteiger partial charge in [-0.1, -0.05) is 25.4 Å². The number of benzene rings is 1. The maximum absolute atomic E-state index is 12.6. The number of carbonyl (C=O) groups excluding carboxylic acids is 1. The number of hydrogen-bond acceptors (Lipinski definition) is 4. The highest BCUT2D eigenvalue weighted by Gasteiger charge is 2.35. The van der Waals surface area contributed by atoms with Crippen LogP contribution in [0.15, 0.2) is 24.3 Å². The van der Waals surface area contributed by atoms with Crippen molar-refractivity contribution in [1.29, 1.82) is 0 Å². The topological polar surface area (TPSA) is 67.6 Å². The van der Waals surface area contributed by atoms with Crippen molar-refractivity contribution in [3.63, 3.8) is 0 Å². The minimum Gasteiger partial charge on any atom is -0.492 e. The SMILES string of the molecule is CCC(CC)(CN)C(=O)NC1CCN(CCOc2ccc(Cl)cc2)CC1. The Morgan fingerprint density at radius 3 is 2.42 bits per heavy atom. The third-order valence-electron chi connectivity index (χ3n) is 5.64. The van der Waals surface area contributed by atoms with Crippen molar-refractivity contribution in [3.05, 3.63) is 29.3 Å². The first-order valence-corrected chi connectivity index (χ1v) is 10.0. The normalized spacial score (nSPS) is 16.5. The van der Waals surface area contributed by atoms with Crippen LogP contribution < -0.4 is 15.8 Å². The predicted octanol–water partition coefficient (Wildman–Crippen LogP) is 3.06. The lowest BCUT2D eigenvalue weighted by Crippen LogP contribution is -2.52. The average Bonchev–Trinajstić information content (AvgIpc) is 2.67. The van der Waals surface area contributed by atoms with Crippen LogP contribution in [-0.4, -0.2) is 49.6 Å². The van der Waals surface area contributed by atoms with E-state index in [9.17, 15) is 4.79 Å². The molecule has 2 rings (SSSR count). The molecule has 0 aliphatic carbocycles. The van der Waals surface area contributed by atoms with E-state index in [-0.39, 0.29) is 11.9 Å². The Morgan fingerprint density at radius 2 is 1.88 bits per heavy atom. The molecule has 1 aliphatic heterocycles. The van der Waals surface area contributed by atoms with E-state index in [1.54, 1.807) is 0 Å². The maximum atomic E-state index is 12.6. The number of amides is 1. The molecule has 0 saturated carbocycles. The van der Waals surface area contributed by atoms with Crippen LogP contribution in [0, 0.1) is 5.41 Å². The van der Waals surface area contributed by atoms with Gasteiger partial charge in [0.15, 0.2) is 0 Å². The van der Waals surface area contributed by atoms with Crippen molar-refractivity contribution < 1.29 is 9.53 Å². The number of ether oxygens (including phenoxy) is 1. The molecule has 0 spiro atoms. The summed E-state index contributed by atoms with van der Waals surface area (Å²) in [6, 6.07) is 7.68. The number of nitrogens with one attached hydrogen (secondary N) is 1. The molecular weight excluding hydrogens is 350 g/mol. The molecule has 3 N–H and O–H groups in total. The first-order chi connectivity index (χ1) is 12.5. The molecule has 0 aromatic heterocycles. The van der Waals surface area contributed by atoms with Gasteiger partial charge < -0.3 is 15.8 Å². The zero-order valence-corrected chi connectivity index (χ0v) is 16.7. The molecule has 1 aromatic rings. The van der Waals surface area contributed by atoms with Gasteiger partial charge in [0.1, 0.15) is 12.4 Å². The summed E-state index contributed by atoms with van der Waals surface area (Å²) in [6.07, 6.45) is 3.51. The second-order valence-electron chi connectivity index (χ2n) is 7.08. The molecule has 0 atom stereocenters. The van der Waals surface area contributed by atoms with Gasteiger partial charge in [0.25, 0.3) is 0 Å². The number of piperidine rings is 1. The lowest BCUT2D eigenvalue weighted by atomic mass is 9.81. The Bertz CT molecular complexity index is 544. The van der Waals surface area contributed by atoms with Gasteiger partial charge in [0, 0.05) is 37.2 Å². The number of likely N-dealkylation sites (tertiary alicyclic amines) is 1. The van der Waals surface area contributed by atoms with Crippen molar-refractivity contribution in [2.24, 2.45) is 11.1 Å². The van der Waals surface area contributed by atoms with Crippen LogP contribution in [0.2, 0.25) is 5.02 Å². The van der Waals surface area contributed by atoms with Crippen molar-refractivity contribution in [3.8, 4) is 5.75 Å². The number of nitrogens with zero attached hydrogens (tertiary/aromatic N) is 1. The Hall–Kier alpha value is -1.30. The second kappa shape index (κ2) is 10.1. The van der Waals surface area contributed by atoms with Crippen LogP contribution >= 0.6 is 11.6 Å². The minimum atomic E-state index is -0.413. The van der Waals surface area contributed by atoms with Crippen molar-refractivity contribution in [2.45, 2.75) is 45.6 Å². The molecule has 6 heteroatoms. The summed E-state index contributed by atoms with van der Waals surface area (Å²) < 4.78 is 5.76. The van der Waals surface area contributed by atoms with Gasteiger partial charge in [-0.3, -0.25) is 9.69 Å². The summed E-state index contributed by atoms with van der Waals surface area (Å²) in [5.41, 5.74) is 5.46. The van der Waals surface area contributed by atoms with Gasteiger partial charge in [0.2, 0.25) is 5.91 Å². The summed E-state index contributed by atoms with van der Waals surface area (Å²) in [5.74, 6) is 0.961. The second-order valence-corrected chi connectivity index (χ2v) is 7.52. The van der Waals surface area contributed by atoms with E-state index >= 15 is 0 Å². The Balaban J connectivity index is 1.70. The molecule has 0 bridgehead atoms. The predicted molar refractivity (Wildman–Crippen MR) is 107 cm³/mol. The van der Waals surface area contributed by atoms with Crippen LogP contribution in [0.5, 0.6) is 5.75 Å². The van der Waals surface area contributed by atoms with E-state index < -0.39 is 5.41 Å². The summed E-state index contributed by atoms with van der Waals surface area (Å²) in [6.45, 7) is 7.98. The fourth-order valence-corrected chi connectivity index (χ4v) is 3.54. The van der Waals surface area contributed by atoms with Crippen LogP contribution in [0.3, 0.4) is 0 Å². The first-order valence-electron chi connectivity index (χ1n) is 9.64. The van der Waals surface area contributed by atoms with Crippen molar-refractivity contribution >= 4 is 17.5 Å². The Morgan fingerprint density at radius 1 is 1.27 bits per heavy atom.